The first-order chi connectivity index (χ1) is 8.49. The molecule has 0 bridgehead atoms. The van der Waals surface area contributed by atoms with Crippen molar-refractivity contribution in [2.75, 3.05) is 12.4 Å². The fourth-order valence-electron chi connectivity index (χ4n) is 1.20. The molecule has 0 aliphatic rings. The molecule has 1 rings (SSSR count). The molecule has 7 heteroatoms. The van der Waals surface area contributed by atoms with Crippen molar-refractivity contribution in [2.45, 2.75) is 6.42 Å². The summed E-state index contributed by atoms with van der Waals surface area (Å²) in [6.45, 7) is 0. The average Bonchev–Trinajstić information content (AvgIpc) is 2.32. The first-order valence-electron chi connectivity index (χ1n) is 4.73. The fraction of sp³-hybridized carbons (Fsp3) is 0.182. The van der Waals surface area contributed by atoms with E-state index < -0.39 is 17.7 Å². The first-order valence-corrected chi connectivity index (χ1v) is 5.53. The van der Waals surface area contributed by atoms with Crippen LogP contribution in [0.3, 0.4) is 0 Å². The van der Waals surface area contributed by atoms with Crippen molar-refractivity contribution in [3.05, 3.63) is 28.0 Å². The standard InChI is InChI=1S/C11H8BrFN2O3/c1-18-11(17)6-4-8(13)7(12)5-9(6)15-10(16)2-3-14/h4-5H,2H2,1H3,(H,15,16). The third-order valence-electron chi connectivity index (χ3n) is 1.98. The minimum absolute atomic E-state index is 0.0791. The zero-order valence-corrected chi connectivity index (χ0v) is 10.9. The summed E-state index contributed by atoms with van der Waals surface area (Å²) in [6, 6.07) is 3.84. The Morgan fingerprint density at radius 1 is 1.56 bits per heavy atom. The third-order valence-corrected chi connectivity index (χ3v) is 2.59. The van der Waals surface area contributed by atoms with Crippen LogP contribution in [0.4, 0.5) is 10.1 Å². The molecule has 0 radical (unpaired) electrons. The number of ether oxygens (including phenoxy) is 1. The predicted molar refractivity (Wildman–Crippen MR) is 64.3 cm³/mol. The van der Waals surface area contributed by atoms with Gasteiger partial charge in [0.05, 0.1) is 28.9 Å². The SMILES string of the molecule is COC(=O)c1cc(F)c(Br)cc1NC(=O)CC#N. The molecule has 0 fully saturated rings. The summed E-state index contributed by atoms with van der Waals surface area (Å²) in [5.41, 5.74) is -0.0418. The van der Waals surface area contributed by atoms with Crippen molar-refractivity contribution in [3.8, 4) is 6.07 Å². The predicted octanol–water partition coefficient (Wildman–Crippen LogP) is 2.23. The molecule has 5 nitrogen and oxygen atoms in total. The highest BCUT2D eigenvalue weighted by Crippen LogP contribution is 2.25. The quantitative estimate of drug-likeness (QED) is 0.868. The Balaban J connectivity index is 3.16. The van der Waals surface area contributed by atoms with Gasteiger partial charge in [-0.2, -0.15) is 5.26 Å². The molecule has 0 aliphatic carbocycles. The van der Waals surface area contributed by atoms with Crippen molar-refractivity contribution in [1.82, 2.24) is 0 Å². The zero-order chi connectivity index (χ0) is 13.7. The molecule has 0 spiro atoms. The number of nitrogens with zero attached hydrogens (tertiary/aromatic N) is 1. The van der Waals surface area contributed by atoms with E-state index in [1.165, 1.54) is 6.07 Å². The lowest BCUT2D eigenvalue weighted by molar-refractivity contribution is -0.115. The van der Waals surface area contributed by atoms with Crippen LogP contribution in [0.5, 0.6) is 0 Å². The number of nitrogens with one attached hydrogen (secondary N) is 1. The molecule has 0 saturated carbocycles. The Morgan fingerprint density at radius 3 is 2.78 bits per heavy atom. The first kappa shape index (κ1) is 14.1. The number of methoxy groups -OCH3 is 1. The summed E-state index contributed by atoms with van der Waals surface area (Å²) in [6.07, 6.45) is -0.365. The van der Waals surface area contributed by atoms with E-state index >= 15 is 0 Å². The van der Waals surface area contributed by atoms with Crippen LogP contribution in [0, 0.1) is 17.1 Å². The number of rotatable bonds is 3. The Bertz CT molecular complexity index is 540. The van der Waals surface area contributed by atoms with Gasteiger partial charge in [0, 0.05) is 0 Å². The summed E-state index contributed by atoms with van der Waals surface area (Å²) in [5, 5.41) is 10.7. The van der Waals surface area contributed by atoms with Gasteiger partial charge >= 0.3 is 5.97 Å². The van der Waals surface area contributed by atoms with Crippen molar-refractivity contribution in [1.29, 1.82) is 5.26 Å². The van der Waals surface area contributed by atoms with Gasteiger partial charge in [0.2, 0.25) is 5.91 Å². The Morgan fingerprint density at radius 2 is 2.22 bits per heavy atom. The number of hydrogen-bond donors (Lipinski definition) is 1. The molecule has 94 valence electrons. The number of nitriles is 1. The van der Waals surface area contributed by atoms with Crippen LogP contribution in [-0.4, -0.2) is 19.0 Å². The number of halogens is 2. The van der Waals surface area contributed by atoms with E-state index in [-0.39, 0.29) is 22.1 Å². The zero-order valence-electron chi connectivity index (χ0n) is 9.29. The molecule has 1 aromatic carbocycles. The normalized spacial score (nSPS) is 9.44. The van der Waals surface area contributed by atoms with E-state index in [9.17, 15) is 14.0 Å². The van der Waals surface area contributed by atoms with Crippen molar-refractivity contribution >= 4 is 33.5 Å². The number of anilines is 1. The molecule has 1 amide bonds. The Kier molecular flexibility index (Phi) is 4.80. The van der Waals surface area contributed by atoms with Gasteiger partial charge in [-0.1, -0.05) is 0 Å². The maximum atomic E-state index is 13.3. The summed E-state index contributed by atoms with van der Waals surface area (Å²) < 4.78 is 17.9. The fourth-order valence-corrected chi connectivity index (χ4v) is 1.54. The second kappa shape index (κ2) is 6.12. The lowest BCUT2D eigenvalue weighted by atomic mass is 10.1. The number of carbonyl (C=O) groups excluding carboxylic acids is 2. The lowest BCUT2D eigenvalue weighted by Gasteiger charge is -2.09. The molecule has 0 heterocycles. The van der Waals surface area contributed by atoms with Crippen LogP contribution in [0.25, 0.3) is 0 Å². The van der Waals surface area contributed by atoms with E-state index in [0.29, 0.717) is 0 Å². The summed E-state index contributed by atoms with van der Waals surface area (Å²) in [5.74, 6) is -2.04. The topological polar surface area (TPSA) is 79.2 Å². The molecule has 0 unspecified atom stereocenters. The van der Waals surface area contributed by atoms with Gasteiger partial charge in [0.15, 0.2) is 0 Å². The highest BCUT2D eigenvalue weighted by Gasteiger charge is 2.17. The van der Waals surface area contributed by atoms with Gasteiger partial charge in [-0.25, -0.2) is 9.18 Å². The molecular weight excluding hydrogens is 307 g/mol. The van der Waals surface area contributed by atoms with Gasteiger partial charge in [0.1, 0.15) is 12.2 Å². The van der Waals surface area contributed by atoms with Crippen LogP contribution < -0.4 is 5.32 Å². The highest BCUT2D eigenvalue weighted by molar-refractivity contribution is 9.10. The monoisotopic (exact) mass is 314 g/mol. The van der Waals surface area contributed by atoms with Crippen LogP contribution in [0.2, 0.25) is 0 Å². The lowest BCUT2D eigenvalue weighted by Crippen LogP contribution is -2.15. The van der Waals surface area contributed by atoms with E-state index in [1.54, 1.807) is 6.07 Å². The number of hydrogen-bond acceptors (Lipinski definition) is 4. The number of amides is 1. The molecule has 0 aliphatic heterocycles. The van der Waals surface area contributed by atoms with Crippen LogP contribution in [-0.2, 0) is 9.53 Å². The Hall–Kier alpha value is -1.94. The van der Waals surface area contributed by atoms with E-state index in [4.69, 9.17) is 5.26 Å². The molecule has 18 heavy (non-hydrogen) atoms. The van der Waals surface area contributed by atoms with Crippen LogP contribution >= 0.6 is 15.9 Å². The van der Waals surface area contributed by atoms with E-state index in [1.807, 2.05) is 0 Å². The minimum Gasteiger partial charge on any atom is -0.465 e. The summed E-state index contributed by atoms with van der Waals surface area (Å²) in [4.78, 5) is 22.7. The third kappa shape index (κ3) is 3.28. The smallest absolute Gasteiger partial charge is 0.340 e. The van der Waals surface area contributed by atoms with Gasteiger partial charge < -0.3 is 10.1 Å². The molecular formula is C11H8BrFN2O3. The van der Waals surface area contributed by atoms with Gasteiger partial charge in [-0.3, -0.25) is 4.79 Å². The average molecular weight is 315 g/mol. The minimum atomic E-state index is -0.784. The molecule has 1 aromatic rings. The van der Waals surface area contributed by atoms with Gasteiger partial charge in [0.25, 0.3) is 0 Å². The van der Waals surface area contributed by atoms with Crippen LogP contribution in [0.15, 0.2) is 16.6 Å². The highest BCUT2D eigenvalue weighted by atomic mass is 79.9. The Labute approximate surface area is 111 Å². The molecule has 0 saturated heterocycles. The van der Waals surface area contributed by atoms with Crippen LogP contribution in [0.1, 0.15) is 16.8 Å². The second-order valence-electron chi connectivity index (χ2n) is 3.19. The van der Waals surface area contributed by atoms with Crippen molar-refractivity contribution < 1.29 is 18.7 Å². The van der Waals surface area contributed by atoms with E-state index in [2.05, 4.69) is 26.0 Å². The van der Waals surface area contributed by atoms with Crippen molar-refractivity contribution in [3.63, 3.8) is 0 Å². The maximum Gasteiger partial charge on any atom is 0.340 e. The summed E-state index contributed by atoms with van der Waals surface area (Å²) >= 11 is 2.94. The largest absolute Gasteiger partial charge is 0.465 e. The molecule has 0 aromatic heterocycles. The van der Waals surface area contributed by atoms with Gasteiger partial charge in [-0.15, -0.1) is 0 Å². The number of carbonyl (C=O) groups is 2. The molecule has 1 N–H and O–H groups in total. The summed E-state index contributed by atoms with van der Waals surface area (Å²) in [7, 11) is 1.14. The van der Waals surface area contributed by atoms with Crippen molar-refractivity contribution in [2.24, 2.45) is 0 Å². The molecule has 0 atom stereocenters. The van der Waals surface area contributed by atoms with E-state index in [0.717, 1.165) is 13.2 Å². The van der Waals surface area contributed by atoms with Gasteiger partial charge in [-0.05, 0) is 28.1 Å². The number of esters is 1. The second-order valence-corrected chi connectivity index (χ2v) is 4.04. The number of benzene rings is 1. The maximum absolute atomic E-state index is 13.3.